The second kappa shape index (κ2) is 9.36. The molecule has 0 bridgehead atoms. The topological polar surface area (TPSA) is 88.2 Å². The predicted molar refractivity (Wildman–Crippen MR) is 89.3 cm³/mol. The molecule has 1 heterocycles. The number of halogens is 2. The van der Waals surface area contributed by atoms with Crippen LogP contribution in [0.3, 0.4) is 0 Å². The van der Waals surface area contributed by atoms with E-state index in [0.717, 1.165) is 12.1 Å². The summed E-state index contributed by atoms with van der Waals surface area (Å²) in [7, 11) is 0. The molecule has 0 aliphatic rings. The minimum atomic E-state index is -1.07. The number of pyridine rings is 1. The molecule has 0 spiro atoms. The molecule has 2 rings (SSSR count). The molecule has 2 aromatic rings. The van der Waals surface area contributed by atoms with E-state index in [1.165, 1.54) is 12.3 Å². The first-order chi connectivity index (χ1) is 12.5. The van der Waals surface area contributed by atoms with Crippen molar-refractivity contribution in [2.45, 2.75) is 12.8 Å². The minimum absolute atomic E-state index is 0.185. The van der Waals surface area contributed by atoms with E-state index in [9.17, 15) is 23.2 Å². The van der Waals surface area contributed by atoms with Gasteiger partial charge in [-0.05, 0) is 36.2 Å². The molecule has 0 saturated carbocycles. The molecule has 0 saturated heterocycles. The number of rotatable bonds is 8. The summed E-state index contributed by atoms with van der Waals surface area (Å²) in [6, 6.07) is 8.00. The Balaban J connectivity index is 1.67. The molecule has 0 aliphatic carbocycles. The number of nitrogens with one attached hydrogen (secondary N) is 2. The van der Waals surface area contributed by atoms with Gasteiger partial charge in [0.1, 0.15) is 5.69 Å². The van der Waals surface area contributed by atoms with E-state index >= 15 is 0 Å². The number of carbonyl (C=O) groups excluding carboxylic acids is 3. The van der Waals surface area contributed by atoms with E-state index in [0.29, 0.717) is 18.7 Å². The first kappa shape index (κ1) is 19.2. The van der Waals surface area contributed by atoms with Gasteiger partial charge in [-0.1, -0.05) is 12.1 Å². The van der Waals surface area contributed by atoms with Gasteiger partial charge >= 0.3 is 0 Å². The van der Waals surface area contributed by atoms with Crippen molar-refractivity contribution in [1.82, 2.24) is 15.6 Å². The Morgan fingerprint density at radius 1 is 0.962 bits per heavy atom. The second-order valence-corrected chi connectivity index (χ2v) is 5.43. The van der Waals surface area contributed by atoms with Crippen LogP contribution < -0.4 is 10.6 Å². The number of ketones is 1. The summed E-state index contributed by atoms with van der Waals surface area (Å²) in [6.45, 7) is 0.484. The number of hydrogen-bond donors (Lipinski definition) is 2. The Labute approximate surface area is 148 Å². The molecule has 0 aliphatic heterocycles. The Morgan fingerprint density at radius 3 is 2.42 bits per heavy atom. The van der Waals surface area contributed by atoms with Crippen LogP contribution >= 0.6 is 0 Å². The van der Waals surface area contributed by atoms with Gasteiger partial charge in [-0.25, -0.2) is 8.78 Å². The Kier molecular flexibility index (Phi) is 6.90. The molecule has 0 fully saturated rings. The fourth-order valence-electron chi connectivity index (χ4n) is 2.09. The molecule has 1 aromatic carbocycles. The van der Waals surface area contributed by atoms with E-state index in [-0.39, 0.29) is 24.4 Å². The number of benzene rings is 1. The molecule has 0 atom stereocenters. The quantitative estimate of drug-likeness (QED) is 0.550. The zero-order valence-electron chi connectivity index (χ0n) is 13.8. The average Bonchev–Trinajstić information content (AvgIpc) is 2.64. The van der Waals surface area contributed by atoms with Crippen LogP contribution in [0.5, 0.6) is 0 Å². The van der Waals surface area contributed by atoms with Crippen molar-refractivity contribution in [1.29, 1.82) is 0 Å². The van der Waals surface area contributed by atoms with Crippen LogP contribution in [0.1, 0.15) is 22.5 Å². The van der Waals surface area contributed by atoms with Crippen molar-refractivity contribution in [3.05, 3.63) is 65.5 Å². The molecule has 8 heteroatoms. The number of nitrogens with zero attached hydrogens (tertiary/aromatic N) is 1. The van der Waals surface area contributed by atoms with E-state index < -0.39 is 23.3 Å². The molecular formula is C18H17F2N3O3. The van der Waals surface area contributed by atoms with Crippen molar-refractivity contribution < 1.29 is 23.2 Å². The molecular weight excluding hydrogens is 344 g/mol. The molecule has 0 radical (unpaired) electrons. The van der Waals surface area contributed by atoms with Crippen LogP contribution in [-0.2, 0) is 16.0 Å². The highest BCUT2D eigenvalue weighted by molar-refractivity contribution is 6.36. The fraction of sp³-hybridized carbons (Fsp3) is 0.222. The summed E-state index contributed by atoms with van der Waals surface area (Å²) >= 11 is 0. The molecule has 0 unspecified atom stereocenters. The lowest BCUT2D eigenvalue weighted by molar-refractivity contribution is -0.137. The average molecular weight is 361 g/mol. The highest BCUT2D eigenvalue weighted by atomic mass is 19.2. The normalized spacial score (nSPS) is 10.2. The van der Waals surface area contributed by atoms with E-state index in [2.05, 4.69) is 15.6 Å². The summed E-state index contributed by atoms with van der Waals surface area (Å²) in [5, 5.41) is 5.06. The maximum atomic E-state index is 13.1. The summed E-state index contributed by atoms with van der Waals surface area (Å²) in [5.74, 6) is -3.98. The van der Waals surface area contributed by atoms with Crippen molar-refractivity contribution in [2.24, 2.45) is 0 Å². The van der Waals surface area contributed by atoms with Crippen molar-refractivity contribution in [3.8, 4) is 0 Å². The van der Waals surface area contributed by atoms with Gasteiger partial charge in [0.2, 0.25) is 5.78 Å². The maximum absolute atomic E-state index is 13.1. The highest BCUT2D eigenvalue weighted by Gasteiger charge is 2.15. The molecule has 2 N–H and O–H groups in total. The van der Waals surface area contributed by atoms with Gasteiger partial charge in [-0.3, -0.25) is 19.4 Å². The Morgan fingerprint density at radius 2 is 1.73 bits per heavy atom. The SMILES string of the molecule is O=C(Cc1ccc(F)c(F)c1)C(=O)NCCCNC(=O)c1ccccn1. The molecule has 1 aromatic heterocycles. The van der Waals surface area contributed by atoms with Crippen LogP contribution in [0.2, 0.25) is 0 Å². The summed E-state index contributed by atoms with van der Waals surface area (Å²) in [6.07, 6.45) is 1.61. The van der Waals surface area contributed by atoms with Gasteiger partial charge in [0, 0.05) is 25.7 Å². The smallest absolute Gasteiger partial charge is 0.287 e. The molecule has 136 valence electrons. The van der Waals surface area contributed by atoms with Crippen LogP contribution in [0.4, 0.5) is 8.78 Å². The molecule has 26 heavy (non-hydrogen) atoms. The van der Waals surface area contributed by atoms with Crippen molar-refractivity contribution in [2.75, 3.05) is 13.1 Å². The van der Waals surface area contributed by atoms with Crippen LogP contribution in [0.15, 0.2) is 42.6 Å². The lowest BCUT2D eigenvalue weighted by atomic mass is 10.1. The highest BCUT2D eigenvalue weighted by Crippen LogP contribution is 2.09. The predicted octanol–water partition coefficient (Wildman–Crippen LogP) is 1.41. The monoisotopic (exact) mass is 361 g/mol. The van der Waals surface area contributed by atoms with E-state index in [1.54, 1.807) is 18.2 Å². The van der Waals surface area contributed by atoms with Gasteiger partial charge in [-0.2, -0.15) is 0 Å². The minimum Gasteiger partial charge on any atom is -0.351 e. The maximum Gasteiger partial charge on any atom is 0.287 e. The Hall–Kier alpha value is -3.16. The fourth-order valence-corrected chi connectivity index (χ4v) is 2.09. The van der Waals surface area contributed by atoms with Crippen LogP contribution in [0.25, 0.3) is 0 Å². The largest absolute Gasteiger partial charge is 0.351 e. The van der Waals surface area contributed by atoms with Gasteiger partial charge in [0.05, 0.1) is 0 Å². The van der Waals surface area contributed by atoms with Gasteiger partial charge in [0.25, 0.3) is 11.8 Å². The molecule has 6 nitrogen and oxygen atoms in total. The second-order valence-electron chi connectivity index (χ2n) is 5.43. The Bertz CT molecular complexity index is 798. The number of hydrogen-bond acceptors (Lipinski definition) is 4. The summed E-state index contributed by atoms with van der Waals surface area (Å²) in [4.78, 5) is 39.1. The zero-order chi connectivity index (χ0) is 18.9. The summed E-state index contributed by atoms with van der Waals surface area (Å²) in [5.41, 5.74) is 0.505. The lowest BCUT2D eigenvalue weighted by Gasteiger charge is -2.06. The van der Waals surface area contributed by atoms with Gasteiger partial charge in [0.15, 0.2) is 11.6 Å². The van der Waals surface area contributed by atoms with Crippen molar-refractivity contribution >= 4 is 17.6 Å². The number of aromatic nitrogens is 1. The van der Waals surface area contributed by atoms with Crippen LogP contribution in [-0.4, -0.2) is 35.7 Å². The standard InChI is InChI=1S/C18H17F2N3O3/c19-13-6-5-12(10-14(13)20)11-16(24)18(26)23-9-3-8-22-17(25)15-4-1-2-7-21-15/h1-2,4-7,10H,3,8-9,11H2,(H,22,25)(H,23,26). The third-order valence-electron chi connectivity index (χ3n) is 3.42. The van der Waals surface area contributed by atoms with Gasteiger partial charge < -0.3 is 10.6 Å². The third-order valence-corrected chi connectivity index (χ3v) is 3.42. The number of Topliss-reactive ketones (excluding diaryl/α,β-unsaturated/α-hetero) is 1. The zero-order valence-corrected chi connectivity index (χ0v) is 13.8. The van der Waals surface area contributed by atoms with Crippen LogP contribution in [0, 0.1) is 11.6 Å². The summed E-state index contributed by atoms with van der Waals surface area (Å²) < 4.78 is 25.9. The lowest BCUT2D eigenvalue weighted by Crippen LogP contribution is -2.34. The van der Waals surface area contributed by atoms with Gasteiger partial charge in [-0.15, -0.1) is 0 Å². The van der Waals surface area contributed by atoms with E-state index in [4.69, 9.17) is 0 Å². The number of amides is 2. The first-order valence-electron chi connectivity index (χ1n) is 7.91. The third kappa shape index (κ3) is 5.73. The number of carbonyl (C=O) groups is 3. The first-order valence-corrected chi connectivity index (χ1v) is 7.91. The molecule has 2 amide bonds. The van der Waals surface area contributed by atoms with E-state index in [1.807, 2.05) is 0 Å². The van der Waals surface area contributed by atoms with Crippen molar-refractivity contribution in [3.63, 3.8) is 0 Å².